The lowest BCUT2D eigenvalue weighted by Gasteiger charge is -2.01. The predicted octanol–water partition coefficient (Wildman–Crippen LogP) is 1.49. The lowest BCUT2D eigenvalue weighted by Crippen LogP contribution is -2.08. The predicted molar refractivity (Wildman–Crippen MR) is 51.4 cm³/mol. The van der Waals surface area contributed by atoms with Crippen LogP contribution in [0.1, 0.15) is 32.6 Å². The second-order valence-electron chi connectivity index (χ2n) is 2.47. The highest BCUT2D eigenvalue weighted by molar-refractivity contribution is 5.85. The SMILES string of the molecule is CCCCOC(=O)CCCN.Cl. The lowest BCUT2D eigenvalue weighted by atomic mass is 10.3. The highest BCUT2D eigenvalue weighted by atomic mass is 35.5. The lowest BCUT2D eigenvalue weighted by molar-refractivity contribution is -0.143. The minimum atomic E-state index is -0.121. The van der Waals surface area contributed by atoms with E-state index in [1.807, 2.05) is 0 Å². The molecule has 0 aliphatic heterocycles. The quantitative estimate of drug-likeness (QED) is 0.516. The Morgan fingerprint density at radius 1 is 1.42 bits per heavy atom. The summed E-state index contributed by atoms with van der Waals surface area (Å²) in [5, 5.41) is 0. The molecule has 3 nitrogen and oxygen atoms in total. The summed E-state index contributed by atoms with van der Waals surface area (Å²) < 4.78 is 4.89. The number of halogens is 1. The van der Waals surface area contributed by atoms with Gasteiger partial charge in [-0.3, -0.25) is 4.79 Å². The van der Waals surface area contributed by atoms with Gasteiger partial charge in [-0.2, -0.15) is 0 Å². The fourth-order valence-corrected chi connectivity index (χ4v) is 0.649. The van der Waals surface area contributed by atoms with Crippen LogP contribution in [0.15, 0.2) is 0 Å². The Labute approximate surface area is 80.1 Å². The van der Waals surface area contributed by atoms with Crippen molar-refractivity contribution >= 4 is 18.4 Å². The first-order valence-corrected chi connectivity index (χ1v) is 4.17. The largest absolute Gasteiger partial charge is 0.466 e. The number of hydrogen-bond acceptors (Lipinski definition) is 3. The maximum atomic E-state index is 10.8. The molecular weight excluding hydrogens is 178 g/mol. The molecule has 0 saturated heterocycles. The maximum Gasteiger partial charge on any atom is 0.305 e. The number of hydrogen-bond donors (Lipinski definition) is 1. The van der Waals surface area contributed by atoms with Crippen LogP contribution in [0, 0.1) is 0 Å². The molecule has 0 aliphatic rings. The zero-order valence-electron chi connectivity index (χ0n) is 7.54. The number of ether oxygens (including phenoxy) is 1. The summed E-state index contributed by atoms with van der Waals surface area (Å²) in [4.78, 5) is 10.8. The van der Waals surface area contributed by atoms with E-state index < -0.39 is 0 Å². The van der Waals surface area contributed by atoms with Crippen LogP contribution in [0.2, 0.25) is 0 Å². The van der Waals surface area contributed by atoms with Gasteiger partial charge in [0.1, 0.15) is 0 Å². The average Bonchev–Trinajstić information content (AvgIpc) is 2.01. The fourth-order valence-electron chi connectivity index (χ4n) is 0.649. The van der Waals surface area contributed by atoms with Crippen LogP contribution in [0.4, 0.5) is 0 Å². The van der Waals surface area contributed by atoms with E-state index in [0.717, 1.165) is 19.3 Å². The molecular formula is C8H18ClNO2. The van der Waals surface area contributed by atoms with Gasteiger partial charge in [0.05, 0.1) is 6.61 Å². The molecule has 2 N–H and O–H groups in total. The molecule has 0 aromatic rings. The smallest absolute Gasteiger partial charge is 0.305 e. The third kappa shape index (κ3) is 9.72. The van der Waals surface area contributed by atoms with Gasteiger partial charge in [0.25, 0.3) is 0 Å². The van der Waals surface area contributed by atoms with Crippen molar-refractivity contribution in [1.82, 2.24) is 0 Å². The molecule has 0 aliphatic carbocycles. The Balaban J connectivity index is 0. The highest BCUT2D eigenvalue weighted by Crippen LogP contribution is 1.93. The molecule has 0 atom stereocenters. The van der Waals surface area contributed by atoms with E-state index in [4.69, 9.17) is 10.5 Å². The van der Waals surface area contributed by atoms with Gasteiger partial charge < -0.3 is 10.5 Å². The van der Waals surface area contributed by atoms with E-state index in [-0.39, 0.29) is 18.4 Å². The first-order valence-electron chi connectivity index (χ1n) is 4.17. The summed E-state index contributed by atoms with van der Waals surface area (Å²) in [6, 6.07) is 0. The molecule has 0 radical (unpaired) electrons. The Morgan fingerprint density at radius 2 is 2.08 bits per heavy atom. The molecule has 0 spiro atoms. The molecule has 12 heavy (non-hydrogen) atoms. The number of esters is 1. The van der Waals surface area contributed by atoms with Crippen molar-refractivity contribution in [2.24, 2.45) is 5.73 Å². The van der Waals surface area contributed by atoms with E-state index in [0.29, 0.717) is 19.6 Å². The molecule has 74 valence electrons. The molecule has 0 fully saturated rings. The van der Waals surface area contributed by atoms with E-state index in [1.54, 1.807) is 0 Å². The van der Waals surface area contributed by atoms with Crippen molar-refractivity contribution < 1.29 is 9.53 Å². The van der Waals surface area contributed by atoms with Gasteiger partial charge in [0.15, 0.2) is 0 Å². The second-order valence-corrected chi connectivity index (χ2v) is 2.47. The molecule has 0 heterocycles. The van der Waals surface area contributed by atoms with Crippen LogP contribution in [0.5, 0.6) is 0 Å². The minimum Gasteiger partial charge on any atom is -0.466 e. The molecule has 0 bridgehead atoms. The third-order valence-corrected chi connectivity index (χ3v) is 1.35. The third-order valence-electron chi connectivity index (χ3n) is 1.35. The molecule has 0 saturated carbocycles. The Morgan fingerprint density at radius 3 is 2.58 bits per heavy atom. The number of unbranched alkanes of at least 4 members (excludes halogenated alkanes) is 1. The average molecular weight is 196 g/mol. The van der Waals surface area contributed by atoms with Crippen LogP contribution < -0.4 is 5.73 Å². The fraction of sp³-hybridized carbons (Fsp3) is 0.875. The zero-order chi connectivity index (χ0) is 8.53. The second kappa shape index (κ2) is 10.7. The Kier molecular flexibility index (Phi) is 12.7. The van der Waals surface area contributed by atoms with Crippen molar-refractivity contribution in [3.05, 3.63) is 0 Å². The summed E-state index contributed by atoms with van der Waals surface area (Å²) in [5.41, 5.74) is 5.22. The van der Waals surface area contributed by atoms with Gasteiger partial charge in [0.2, 0.25) is 0 Å². The van der Waals surface area contributed by atoms with Gasteiger partial charge in [-0.05, 0) is 19.4 Å². The van der Waals surface area contributed by atoms with E-state index >= 15 is 0 Å². The monoisotopic (exact) mass is 195 g/mol. The maximum absolute atomic E-state index is 10.8. The van der Waals surface area contributed by atoms with Crippen LogP contribution in [0.25, 0.3) is 0 Å². The van der Waals surface area contributed by atoms with Gasteiger partial charge in [-0.1, -0.05) is 13.3 Å². The highest BCUT2D eigenvalue weighted by Gasteiger charge is 1.99. The van der Waals surface area contributed by atoms with E-state index in [9.17, 15) is 4.79 Å². The molecule has 0 amide bonds. The summed E-state index contributed by atoms with van der Waals surface area (Å²) in [6.07, 6.45) is 3.20. The van der Waals surface area contributed by atoms with E-state index in [2.05, 4.69) is 6.92 Å². The number of nitrogens with two attached hydrogens (primary N) is 1. The summed E-state index contributed by atoms with van der Waals surface area (Å²) in [6.45, 7) is 3.18. The molecule has 0 aromatic heterocycles. The number of carbonyl (C=O) groups is 1. The topological polar surface area (TPSA) is 52.3 Å². The normalized spacial score (nSPS) is 8.83. The van der Waals surface area contributed by atoms with Crippen LogP contribution in [0.3, 0.4) is 0 Å². The van der Waals surface area contributed by atoms with Crippen molar-refractivity contribution in [3.63, 3.8) is 0 Å². The van der Waals surface area contributed by atoms with E-state index in [1.165, 1.54) is 0 Å². The molecule has 4 heteroatoms. The van der Waals surface area contributed by atoms with Gasteiger partial charge in [-0.15, -0.1) is 12.4 Å². The number of carbonyl (C=O) groups excluding carboxylic acids is 1. The zero-order valence-corrected chi connectivity index (χ0v) is 8.36. The Bertz CT molecular complexity index is 109. The Hall–Kier alpha value is -0.280. The molecule has 0 rings (SSSR count). The van der Waals surface area contributed by atoms with Gasteiger partial charge >= 0.3 is 5.97 Å². The van der Waals surface area contributed by atoms with Crippen LogP contribution >= 0.6 is 12.4 Å². The van der Waals surface area contributed by atoms with Gasteiger partial charge in [-0.25, -0.2) is 0 Å². The van der Waals surface area contributed by atoms with Gasteiger partial charge in [0, 0.05) is 6.42 Å². The standard InChI is InChI=1S/C8H17NO2.ClH/c1-2-3-7-11-8(10)5-4-6-9;/h2-7,9H2,1H3;1H. The summed E-state index contributed by atoms with van der Waals surface area (Å²) in [7, 11) is 0. The van der Waals surface area contributed by atoms with Crippen LogP contribution in [-0.2, 0) is 9.53 Å². The summed E-state index contributed by atoms with van der Waals surface area (Å²) in [5.74, 6) is -0.121. The van der Waals surface area contributed by atoms with Crippen molar-refractivity contribution in [1.29, 1.82) is 0 Å². The van der Waals surface area contributed by atoms with Crippen LogP contribution in [-0.4, -0.2) is 19.1 Å². The molecule has 0 unspecified atom stereocenters. The van der Waals surface area contributed by atoms with Crippen molar-refractivity contribution in [2.75, 3.05) is 13.2 Å². The minimum absolute atomic E-state index is 0. The number of rotatable bonds is 6. The van der Waals surface area contributed by atoms with Crippen molar-refractivity contribution in [3.8, 4) is 0 Å². The van der Waals surface area contributed by atoms with Crippen molar-refractivity contribution in [2.45, 2.75) is 32.6 Å². The first-order chi connectivity index (χ1) is 5.31. The molecule has 0 aromatic carbocycles. The summed E-state index contributed by atoms with van der Waals surface area (Å²) >= 11 is 0. The first kappa shape index (κ1) is 14.3.